The summed E-state index contributed by atoms with van der Waals surface area (Å²) in [5, 5.41) is 7.32. The first-order valence-electron chi connectivity index (χ1n) is 4.27. The molecule has 0 radical (unpaired) electrons. The van der Waals surface area contributed by atoms with Crippen molar-refractivity contribution in [3.05, 3.63) is 28.2 Å². The minimum Gasteiger partial charge on any atom is -0.354 e. The third-order valence-electron chi connectivity index (χ3n) is 1.88. The van der Waals surface area contributed by atoms with Gasteiger partial charge in [-0.25, -0.2) is 0 Å². The van der Waals surface area contributed by atoms with Gasteiger partial charge in [0.05, 0.1) is 22.3 Å². The van der Waals surface area contributed by atoms with Gasteiger partial charge < -0.3 is 10.6 Å². The van der Waals surface area contributed by atoms with Crippen molar-refractivity contribution in [3.63, 3.8) is 0 Å². The number of para-hydroxylation sites is 1. The molecular weight excluding hydrogens is 292 g/mol. The molecule has 0 aliphatic carbocycles. The molecule has 1 aromatic rings. The van der Waals surface area contributed by atoms with Crippen LogP contribution in [0.4, 0.5) is 5.69 Å². The second-order valence-corrected chi connectivity index (χ2v) is 3.69. The lowest BCUT2D eigenvalue weighted by Crippen LogP contribution is -2.26. The number of nitrogens with one attached hydrogen (secondary N) is 2. The number of nitrogens with zero attached hydrogens (tertiary/aromatic N) is 1. The lowest BCUT2D eigenvalue weighted by molar-refractivity contribution is 0.959. The van der Waals surface area contributed by atoms with E-state index in [9.17, 15) is 0 Å². The molecule has 1 aromatic carbocycles. The Morgan fingerprint density at radius 1 is 1.19 bits per heavy atom. The van der Waals surface area contributed by atoms with Gasteiger partial charge in [-0.1, -0.05) is 29.3 Å². The fourth-order valence-electron chi connectivity index (χ4n) is 1.22. The summed E-state index contributed by atoms with van der Waals surface area (Å²) in [6.45, 7) is 1.63. The van der Waals surface area contributed by atoms with Crippen LogP contribution in [0.15, 0.2) is 23.2 Å². The first kappa shape index (κ1) is 15.7. The van der Waals surface area contributed by atoms with E-state index in [1.165, 1.54) is 0 Å². The molecule has 7 heteroatoms. The molecule has 0 unspecified atom stereocenters. The highest BCUT2D eigenvalue weighted by molar-refractivity contribution is 6.39. The third kappa shape index (κ3) is 3.59. The van der Waals surface area contributed by atoms with E-state index in [-0.39, 0.29) is 24.8 Å². The monoisotopic (exact) mass is 301 g/mol. The predicted octanol–water partition coefficient (Wildman–Crippen LogP) is 3.21. The average Bonchev–Trinajstić information content (AvgIpc) is 2.64. The van der Waals surface area contributed by atoms with Crippen LogP contribution in [0.3, 0.4) is 0 Å². The fraction of sp³-hybridized carbons (Fsp3) is 0.222. The van der Waals surface area contributed by atoms with E-state index in [0.717, 1.165) is 19.0 Å². The minimum atomic E-state index is 0. The Balaban J connectivity index is 0.00000112. The number of aliphatic imine (C=N–C) groups is 1. The summed E-state index contributed by atoms with van der Waals surface area (Å²) in [7, 11) is 0. The molecule has 0 aromatic heterocycles. The highest BCUT2D eigenvalue weighted by Gasteiger charge is 2.09. The molecule has 1 heterocycles. The van der Waals surface area contributed by atoms with Crippen molar-refractivity contribution < 1.29 is 0 Å². The van der Waals surface area contributed by atoms with Crippen LogP contribution in [0.2, 0.25) is 10.0 Å². The van der Waals surface area contributed by atoms with E-state index in [0.29, 0.717) is 15.7 Å². The molecule has 90 valence electrons. The normalized spacial score (nSPS) is 13.0. The first-order chi connectivity index (χ1) is 6.77. The second-order valence-electron chi connectivity index (χ2n) is 2.88. The Labute approximate surface area is 116 Å². The van der Waals surface area contributed by atoms with Gasteiger partial charge in [0.15, 0.2) is 5.96 Å². The Kier molecular flexibility index (Phi) is 6.91. The summed E-state index contributed by atoms with van der Waals surface area (Å²) in [5.41, 5.74) is 0.698. The molecular formula is C9H11Cl4N3. The number of anilines is 1. The number of halogens is 4. The average molecular weight is 303 g/mol. The summed E-state index contributed by atoms with van der Waals surface area (Å²) >= 11 is 12.0. The molecule has 1 aliphatic rings. The SMILES string of the molecule is Cl.Cl.Clc1cccc(Cl)c1NC1=NCCN1. The highest BCUT2D eigenvalue weighted by atomic mass is 35.5. The van der Waals surface area contributed by atoms with Crippen LogP contribution in [-0.4, -0.2) is 19.0 Å². The van der Waals surface area contributed by atoms with E-state index in [1.54, 1.807) is 18.2 Å². The van der Waals surface area contributed by atoms with Crippen molar-refractivity contribution in [2.24, 2.45) is 4.99 Å². The van der Waals surface area contributed by atoms with E-state index in [1.807, 2.05) is 0 Å². The van der Waals surface area contributed by atoms with Crippen LogP contribution < -0.4 is 10.6 Å². The van der Waals surface area contributed by atoms with Gasteiger partial charge in [-0.05, 0) is 12.1 Å². The van der Waals surface area contributed by atoms with Gasteiger partial charge in [0, 0.05) is 6.54 Å². The van der Waals surface area contributed by atoms with Gasteiger partial charge in [0.2, 0.25) is 0 Å². The third-order valence-corrected chi connectivity index (χ3v) is 2.51. The summed E-state index contributed by atoms with van der Waals surface area (Å²) in [6, 6.07) is 5.37. The van der Waals surface area contributed by atoms with Crippen LogP contribution in [0.1, 0.15) is 0 Å². The molecule has 0 atom stereocenters. The quantitative estimate of drug-likeness (QED) is 0.836. The van der Waals surface area contributed by atoms with Crippen LogP contribution in [0.5, 0.6) is 0 Å². The van der Waals surface area contributed by atoms with Crippen LogP contribution in [0, 0.1) is 0 Å². The van der Waals surface area contributed by atoms with Gasteiger partial charge in [-0.15, -0.1) is 24.8 Å². The molecule has 0 bridgehead atoms. The van der Waals surface area contributed by atoms with Gasteiger partial charge in [-0.3, -0.25) is 4.99 Å². The maximum absolute atomic E-state index is 5.98. The first-order valence-corrected chi connectivity index (χ1v) is 5.02. The van der Waals surface area contributed by atoms with Gasteiger partial charge >= 0.3 is 0 Å². The molecule has 0 saturated heterocycles. The van der Waals surface area contributed by atoms with E-state index < -0.39 is 0 Å². The molecule has 3 nitrogen and oxygen atoms in total. The summed E-state index contributed by atoms with van der Waals surface area (Å²) in [5.74, 6) is 0.722. The van der Waals surface area contributed by atoms with E-state index in [4.69, 9.17) is 23.2 Å². The van der Waals surface area contributed by atoms with Crippen molar-refractivity contribution >= 4 is 59.7 Å². The Hall–Kier alpha value is -0.350. The summed E-state index contributed by atoms with van der Waals surface area (Å²) < 4.78 is 0. The fourth-order valence-corrected chi connectivity index (χ4v) is 1.71. The zero-order valence-corrected chi connectivity index (χ0v) is 11.3. The summed E-state index contributed by atoms with van der Waals surface area (Å²) in [4.78, 5) is 4.19. The number of rotatable bonds is 1. The standard InChI is InChI=1S/C9H9Cl2N3.2ClH/c10-6-2-1-3-7(11)8(6)14-9-12-4-5-13-9;;/h1-3H,4-5H2,(H2,12,13,14);2*1H. The minimum absolute atomic E-state index is 0. The molecule has 0 amide bonds. The Morgan fingerprint density at radius 2 is 1.81 bits per heavy atom. The number of benzene rings is 1. The smallest absolute Gasteiger partial charge is 0.196 e. The molecule has 1 aliphatic heterocycles. The molecule has 0 fully saturated rings. The Morgan fingerprint density at radius 3 is 2.31 bits per heavy atom. The largest absolute Gasteiger partial charge is 0.354 e. The molecule has 0 spiro atoms. The zero-order chi connectivity index (χ0) is 9.97. The van der Waals surface area contributed by atoms with Crippen molar-refractivity contribution in [1.29, 1.82) is 0 Å². The number of guanidine groups is 1. The maximum atomic E-state index is 5.98. The molecule has 2 rings (SSSR count). The highest BCUT2D eigenvalue weighted by Crippen LogP contribution is 2.29. The molecule has 16 heavy (non-hydrogen) atoms. The lowest BCUT2D eigenvalue weighted by Gasteiger charge is -2.09. The van der Waals surface area contributed by atoms with Gasteiger partial charge in [0.25, 0.3) is 0 Å². The maximum Gasteiger partial charge on any atom is 0.196 e. The second kappa shape index (κ2) is 7.07. The van der Waals surface area contributed by atoms with Crippen LogP contribution in [0.25, 0.3) is 0 Å². The molecule has 0 saturated carbocycles. The molecule has 2 N–H and O–H groups in total. The zero-order valence-electron chi connectivity index (χ0n) is 8.17. The summed E-state index contributed by atoms with van der Waals surface area (Å²) in [6.07, 6.45) is 0. The van der Waals surface area contributed by atoms with Crippen molar-refractivity contribution in [2.75, 3.05) is 18.4 Å². The van der Waals surface area contributed by atoms with Crippen molar-refractivity contribution in [3.8, 4) is 0 Å². The number of hydrogen-bond acceptors (Lipinski definition) is 3. The van der Waals surface area contributed by atoms with Crippen LogP contribution >= 0.6 is 48.0 Å². The topological polar surface area (TPSA) is 36.4 Å². The predicted molar refractivity (Wildman–Crippen MR) is 74.9 cm³/mol. The van der Waals surface area contributed by atoms with E-state index >= 15 is 0 Å². The van der Waals surface area contributed by atoms with Crippen molar-refractivity contribution in [1.82, 2.24) is 5.32 Å². The van der Waals surface area contributed by atoms with Crippen LogP contribution in [-0.2, 0) is 0 Å². The Bertz CT molecular complexity index is 361. The van der Waals surface area contributed by atoms with Crippen molar-refractivity contribution in [2.45, 2.75) is 0 Å². The van der Waals surface area contributed by atoms with Gasteiger partial charge in [-0.2, -0.15) is 0 Å². The lowest BCUT2D eigenvalue weighted by atomic mass is 10.3. The van der Waals surface area contributed by atoms with Gasteiger partial charge in [0.1, 0.15) is 0 Å². The number of hydrogen-bond donors (Lipinski definition) is 2. The van der Waals surface area contributed by atoms with E-state index in [2.05, 4.69) is 15.6 Å².